The second-order valence-electron chi connectivity index (χ2n) is 10.0. The molecule has 2 aliphatic carbocycles. The van der Waals surface area contributed by atoms with Crippen molar-refractivity contribution in [2.75, 3.05) is 37.9 Å². The van der Waals surface area contributed by atoms with Crippen molar-refractivity contribution in [1.29, 1.82) is 0 Å². The van der Waals surface area contributed by atoms with E-state index in [0.29, 0.717) is 32.1 Å². The molecule has 1 aliphatic heterocycles. The van der Waals surface area contributed by atoms with Crippen LogP contribution in [0.5, 0.6) is 0 Å². The lowest BCUT2D eigenvalue weighted by atomic mass is 10.0. The molecule has 1 amide bonds. The van der Waals surface area contributed by atoms with Crippen molar-refractivity contribution in [3.05, 3.63) is 18.0 Å². The predicted octanol–water partition coefficient (Wildman–Crippen LogP) is 2.63. The van der Waals surface area contributed by atoms with E-state index in [2.05, 4.69) is 20.6 Å². The van der Waals surface area contributed by atoms with Crippen molar-refractivity contribution in [2.45, 2.75) is 81.9 Å². The average molecular weight is 496 g/mol. The van der Waals surface area contributed by atoms with Crippen molar-refractivity contribution >= 4 is 22.1 Å². The Hall–Kier alpha value is -1.98. The van der Waals surface area contributed by atoms with Crippen molar-refractivity contribution in [3.8, 4) is 0 Å². The second kappa shape index (κ2) is 10.7. The van der Waals surface area contributed by atoms with Gasteiger partial charge in [0.05, 0.1) is 5.75 Å². The zero-order valence-electron chi connectivity index (χ0n) is 20.2. The van der Waals surface area contributed by atoms with E-state index in [1.807, 2.05) is 19.3 Å². The molecule has 34 heavy (non-hydrogen) atoms. The highest BCUT2D eigenvalue weighted by atomic mass is 32.2. The molecule has 0 aromatic carbocycles. The Balaban J connectivity index is 1.20. The number of anilines is 1. The fourth-order valence-corrected chi connectivity index (χ4v) is 6.20. The summed E-state index contributed by atoms with van der Waals surface area (Å²) in [6.45, 7) is 3.49. The van der Waals surface area contributed by atoms with Gasteiger partial charge in [-0.2, -0.15) is 0 Å². The summed E-state index contributed by atoms with van der Waals surface area (Å²) in [4.78, 5) is 21.0. The first kappa shape index (κ1) is 25.1. The minimum absolute atomic E-state index is 0.0684. The number of nitrogens with one attached hydrogen (secondary N) is 2. The van der Waals surface area contributed by atoms with Gasteiger partial charge >= 0.3 is 6.09 Å². The lowest BCUT2D eigenvalue weighted by molar-refractivity contribution is 0.0967. The van der Waals surface area contributed by atoms with Crippen molar-refractivity contribution in [2.24, 2.45) is 0 Å². The standard InChI is InChI=1S/C23H37N5O5S/c1-23(8-9-23)27-22(29)33-20-5-4-17(14-20)18-15-24-21(25-16-18)26-19-6-10-28(11-7-19)34(30,31)13-3-12-32-2/h15-17,19-20H,3-14H2,1-2H3,(H,27,29)(H,24,25,26)/t17-,20+/m0/s1. The van der Waals surface area contributed by atoms with Gasteiger partial charge in [-0.25, -0.2) is 27.5 Å². The first-order valence-electron chi connectivity index (χ1n) is 12.3. The maximum absolute atomic E-state index is 12.4. The van der Waals surface area contributed by atoms with E-state index < -0.39 is 10.0 Å². The number of methoxy groups -OCH3 is 1. The van der Waals surface area contributed by atoms with Gasteiger partial charge in [-0.3, -0.25) is 0 Å². The molecule has 0 spiro atoms. The number of carbonyl (C=O) groups excluding carboxylic acids is 1. The Morgan fingerprint density at radius 2 is 1.88 bits per heavy atom. The van der Waals surface area contributed by atoms with Crippen LogP contribution in [0.25, 0.3) is 0 Å². The van der Waals surface area contributed by atoms with Crippen molar-refractivity contribution in [3.63, 3.8) is 0 Å². The van der Waals surface area contributed by atoms with E-state index in [1.165, 1.54) is 0 Å². The van der Waals surface area contributed by atoms with Crippen LogP contribution in [0, 0.1) is 0 Å². The van der Waals surface area contributed by atoms with Crippen LogP contribution >= 0.6 is 0 Å². The van der Waals surface area contributed by atoms with Gasteiger partial charge in [0.2, 0.25) is 16.0 Å². The molecule has 2 saturated carbocycles. The molecule has 1 saturated heterocycles. The third-order valence-corrected chi connectivity index (χ3v) is 9.09. The van der Waals surface area contributed by atoms with Crippen LogP contribution in [0.2, 0.25) is 0 Å². The molecule has 1 aromatic rings. The number of ether oxygens (including phenoxy) is 2. The molecule has 10 nitrogen and oxygen atoms in total. The van der Waals surface area contributed by atoms with E-state index >= 15 is 0 Å². The zero-order chi connectivity index (χ0) is 24.2. The molecule has 2 heterocycles. The van der Waals surface area contributed by atoms with Crippen LogP contribution in [0.1, 0.15) is 69.8 Å². The molecule has 3 aliphatic rings. The normalized spacial score (nSPS) is 25.1. The van der Waals surface area contributed by atoms with Gasteiger partial charge in [0, 0.05) is 50.8 Å². The number of rotatable bonds is 10. The molecule has 2 N–H and O–H groups in total. The number of sulfonamides is 1. The van der Waals surface area contributed by atoms with Gasteiger partial charge in [-0.15, -0.1) is 0 Å². The highest BCUT2D eigenvalue weighted by Crippen LogP contribution is 2.37. The lowest BCUT2D eigenvalue weighted by Gasteiger charge is -2.31. The first-order valence-corrected chi connectivity index (χ1v) is 13.9. The Morgan fingerprint density at radius 3 is 2.53 bits per heavy atom. The van der Waals surface area contributed by atoms with Crippen LogP contribution in [0.4, 0.5) is 10.7 Å². The largest absolute Gasteiger partial charge is 0.446 e. The fraction of sp³-hybridized carbons (Fsp3) is 0.783. The molecule has 0 radical (unpaired) electrons. The topological polar surface area (TPSA) is 123 Å². The molecule has 2 atom stereocenters. The molecular formula is C23H37N5O5S. The van der Waals surface area contributed by atoms with E-state index in [1.54, 1.807) is 11.4 Å². The maximum Gasteiger partial charge on any atom is 0.407 e. The minimum atomic E-state index is -3.23. The van der Waals surface area contributed by atoms with Crippen LogP contribution in [0.3, 0.4) is 0 Å². The summed E-state index contributed by atoms with van der Waals surface area (Å²) in [5.74, 6) is 0.976. The maximum atomic E-state index is 12.4. The number of alkyl carbamates (subject to hydrolysis) is 1. The van der Waals surface area contributed by atoms with Crippen molar-refractivity contribution < 1.29 is 22.7 Å². The number of hydrogen-bond acceptors (Lipinski definition) is 8. The summed E-state index contributed by atoms with van der Waals surface area (Å²) in [5.41, 5.74) is 0.990. The second-order valence-corrected chi connectivity index (χ2v) is 12.1. The number of carbonyl (C=O) groups is 1. The molecule has 1 aromatic heterocycles. The predicted molar refractivity (Wildman–Crippen MR) is 128 cm³/mol. The highest BCUT2D eigenvalue weighted by molar-refractivity contribution is 7.89. The third-order valence-electron chi connectivity index (χ3n) is 7.14. The van der Waals surface area contributed by atoms with Crippen LogP contribution in [-0.2, 0) is 19.5 Å². The Morgan fingerprint density at radius 1 is 1.18 bits per heavy atom. The van der Waals surface area contributed by atoms with Gasteiger partial charge < -0.3 is 20.1 Å². The van der Waals surface area contributed by atoms with E-state index in [4.69, 9.17) is 9.47 Å². The van der Waals surface area contributed by atoms with E-state index in [9.17, 15) is 13.2 Å². The van der Waals surface area contributed by atoms with Gasteiger partial charge in [0.15, 0.2) is 0 Å². The quantitative estimate of drug-likeness (QED) is 0.475. The highest BCUT2D eigenvalue weighted by Gasteiger charge is 2.40. The van der Waals surface area contributed by atoms with Crippen molar-refractivity contribution in [1.82, 2.24) is 19.6 Å². The first-order chi connectivity index (χ1) is 16.3. The van der Waals surface area contributed by atoms with E-state index in [0.717, 1.165) is 50.5 Å². The van der Waals surface area contributed by atoms with Gasteiger partial charge in [-0.1, -0.05) is 0 Å². The third kappa shape index (κ3) is 6.79. The van der Waals surface area contributed by atoms with Crippen LogP contribution in [0.15, 0.2) is 12.4 Å². The summed E-state index contributed by atoms with van der Waals surface area (Å²) >= 11 is 0. The van der Waals surface area contributed by atoms with Crippen LogP contribution < -0.4 is 10.6 Å². The number of amides is 1. The summed E-state index contributed by atoms with van der Waals surface area (Å²) < 4.78 is 37.0. The summed E-state index contributed by atoms with van der Waals surface area (Å²) in [6, 6.07) is 0.146. The number of piperidine rings is 1. The smallest absolute Gasteiger partial charge is 0.407 e. The molecule has 3 fully saturated rings. The van der Waals surface area contributed by atoms with Gasteiger partial charge in [-0.05, 0) is 69.8 Å². The number of nitrogens with zero attached hydrogens (tertiary/aromatic N) is 3. The summed E-state index contributed by atoms with van der Waals surface area (Å²) in [7, 11) is -1.65. The minimum Gasteiger partial charge on any atom is -0.446 e. The monoisotopic (exact) mass is 495 g/mol. The fourth-order valence-electron chi connectivity index (χ4n) is 4.69. The number of hydrogen-bond donors (Lipinski definition) is 2. The molecular weight excluding hydrogens is 458 g/mol. The Bertz CT molecular complexity index is 930. The number of aromatic nitrogens is 2. The van der Waals surface area contributed by atoms with Gasteiger partial charge in [0.1, 0.15) is 6.10 Å². The Labute approximate surface area is 202 Å². The van der Waals surface area contributed by atoms with Gasteiger partial charge in [0.25, 0.3) is 0 Å². The lowest BCUT2D eigenvalue weighted by Crippen LogP contribution is -2.43. The molecule has 4 rings (SSSR count). The SMILES string of the molecule is COCCCS(=O)(=O)N1CCC(Nc2ncc([C@H]3CC[C@@H](OC(=O)NC4(C)CC4)C3)cn2)CC1. The molecule has 11 heteroatoms. The van der Waals surface area contributed by atoms with E-state index in [-0.39, 0.29) is 35.4 Å². The summed E-state index contributed by atoms with van der Waals surface area (Å²) in [5, 5.41) is 6.29. The molecule has 0 unspecified atom stereocenters. The molecule has 0 bridgehead atoms. The average Bonchev–Trinajstić information content (AvgIpc) is 3.34. The summed E-state index contributed by atoms with van der Waals surface area (Å²) in [6.07, 6.45) is 9.89. The molecule has 190 valence electrons. The zero-order valence-corrected chi connectivity index (χ0v) is 21.0. The Kier molecular flexibility index (Phi) is 7.94. The van der Waals surface area contributed by atoms with Crippen LogP contribution in [-0.4, -0.2) is 79.0 Å².